The molecule has 0 aliphatic heterocycles. The van der Waals surface area contributed by atoms with E-state index in [2.05, 4.69) is 5.32 Å². The molecule has 1 fully saturated rings. The van der Waals surface area contributed by atoms with Crippen LogP contribution in [0, 0.1) is 6.92 Å². The molecule has 1 heterocycles. The van der Waals surface area contributed by atoms with E-state index in [0.29, 0.717) is 22.7 Å². The van der Waals surface area contributed by atoms with Crippen LogP contribution < -0.4 is 19.7 Å². The van der Waals surface area contributed by atoms with Gasteiger partial charge in [-0.15, -0.1) is 11.3 Å². The van der Waals surface area contributed by atoms with Crippen molar-refractivity contribution >= 4 is 28.8 Å². The minimum absolute atomic E-state index is 0.111. The zero-order chi connectivity index (χ0) is 24.8. The highest BCUT2D eigenvalue weighted by atomic mass is 32.1. The first-order valence-corrected chi connectivity index (χ1v) is 12.8. The second-order valence-electron chi connectivity index (χ2n) is 8.81. The molecule has 7 heteroatoms. The molecule has 0 unspecified atom stereocenters. The van der Waals surface area contributed by atoms with E-state index in [0.717, 1.165) is 36.1 Å². The Bertz CT molecular complexity index is 1160. The van der Waals surface area contributed by atoms with Crippen LogP contribution in [0.5, 0.6) is 11.5 Å². The molecule has 0 radical (unpaired) electrons. The average Bonchev–Trinajstić information content (AvgIpc) is 3.57. The maximum atomic E-state index is 14.0. The minimum Gasteiger partial charge on any atom is -0.497 e. The molecule has 3 aromatic rings. The zero-order valence-corrected chi connectivity index (χ0v) is 21.3. The second kappa shape index (κ2) is 11.4. The van der Waals surface area contributed by atoms with Gasteiger partial charge in [0.1, 0.15) is 17.5 Å². The van der Waals surface area contributed by atoms with Crippen LogP contribution in [0.4, 0.5) is 5.69 Å². The summed E-state index contributed by atoms with van der Waals surface area (Å²) >= 11 is 1.53. The molecule has 35 heavy (non-hydrogen) atoms. The lowest BCUT2D eigenvalue weighted by atomic mass is 9.99. The molecule has 1 aromatic heterocycles. The zero-order valence-electron chi connectivity index (χ0n) is 20.5. The lowest BCUT2D eigenvalue weighted by Crippen LogP contribution is -2.47. The second-order valence-corrected chi connectivity index (χ2v) is 9.84. The Balaban J connectivity index is 1.84. The molecule has 6 nitrogen and oxygen atoms in total. The molecule has 1 aliphatic rings. The maximum Gasteiger partial charge on any atom is 0.248 e. The van der Waals surface area contributed by atoms with Gasteiger partial charge in [-0.2, -0.15) is 0 Å². The van der Waals surface area contributed by atoms with Gasteiger partial charge < -0.3 is 14.8 Å². The van der Waals surface area contributed by atoms with E-state index < -0.39 is 6.04 Å². The first-order valence-electron chi connectivity index (χ1n) is 11.9. The van der Waals surface area contributed by atoms with Gasteiger partial charge in [0.2, 0.25) is 11.8 Å². The number of rotatable bonds is 9. The highest BCUT2D eigenvalue weighted by Gasteiger charge is 2.36. The van der Waals surface area contributed by atoms with Gasteiger partial charge in [-0.1, -0.05) is 37.1 Å². The molecule has 0 spiro atoms. The van der Waals surface area contributed by atoms with Crippen molar-refractivity contribution in [3.63, 3.8) is 0 Å². The van der Waals surface area contributed by atoms with Crippen molar-refractivity contribution in [2.24, 2.45) is 0 Å². The lowest BCUT2D eigenvalue weighted by molar-refractivity contribution is -0.127. The van der Waals surface area contributed by atoms with Crippen molar-refractivity contribution in [3.8, 4) is 11.5 Å². The smallest absolute Gasteiger partial charge is 0.248 e. The first-order chi connectivity index (χ1) is 17.0. The average molecular weight is 493 g/mol. The summed E-state index contributed by atoms with van der Waals surface area (Å²) in [6.07, 6.45) is 4.30. The Morgan fingerprint density at radius 2 is 1.83 bits per heavy atom. The summed E-state index contributed by atoms with van der Waals surface area (Å²) in [5, 5.41) is 5.18. The third-order valence-corrected chi connectivity index (χ3v) is 7.37. The molecule has 1 N–H and O–H groups in total. The fourth-order valence-corrected chi connectivity index (χ4v) is 5.39. The van der Waals surface area contributed by atoms with E-state index >= 15 is 0 Å². The Morgan fingerprint density at radius 3 is 2.49 bits per heavy atom. The van der Waals surface area contributed by atoms with E-state index in [9.17, 15) is 9.59 Å². The SMILES string of the molecule is COc1ccc([C@H](C(=O)NC2CCCC2)N(C(=O)Cc2cccs2)c2ccccc2C)c(OC)c1. The van der Waals surface area contributed by atoms with Crippen LogP contribution in [0.3, 0.4) is 0 Å². The summed E-state index contributed by atoms with van der Waals surface area (Å²) in [4.78, 5) is 30.5. The third kappa shape index (κ3) is 5.68. The molecule has 184 valence electrons. The number of thiophene rings is 1. The highest BCUT2D eigenvalue weighted by molar-refractivity contribution is 7.10. The number of carbonyl (C=O) groups excluding carboxylic acids is 2. The number of aryl methyl sites for hydroxylation is 1. The van der Waals surface area contributed by atoms with Crippen LogP contribution in [-0.2, 0) is 16.0 Å². The van der Waals surface area contributed by atoms with Gasteiger partial charge >= 0.3 is 0 Å². The number of nitrogens with zero attached hydrogens (tertiary/aromatic N) is 1. The van der Waals surface area contributed by atoms with Crippen molar-refractivity contribution in [1.29, 1.82) is 0 Å². The number of amides is 2. The van der Waals surface area contributed by atoms with Gasteiger partial charge in [0, 0.05) is 28.2 Å². The quantitative estimate of drug-likeness (QED) is 0.431. The van der Waals surface area contributed by atoms with E-state index in [1.54, 1.807) is 31.3 Å². The normalized spacial score (nSPS) is 14.4. The number of hydrogen-bond acceptors (Lipinski definition) is 5. The molecule has 1 atom stereocenters. The largest absolute Gasteiger partial charge is 0.497 e. The summed E-state index contributed by atoms with van der Waals surface area (Å²) in [5.41, 5.74) is 2.24. The molecule has 2 amide bonds. The van der Waals surface area contributed by atoms with Gasteiger partial charge in [-0.3, -0.25) is 14.5 Å². The van der Waals surface area contributed by atoms with Crippen LogP contribution in [-0.4, -0.2) is 32.1 Å². The van der Waals surface area contributed by atoms with Gasteiger partial charge in [0.15, 0.2) is 0 Å². The van der Waals surface area contributed by atoms with Crippen molar-refractivity contribution in [3.05, 3.63) is 76.0 Å². The molecule has 1 aliphatic carbocycles. The summed E-state index contributed by atoms with van der Waals surface area (Å²) in [6.45, 7) is 1.96. The van der Waals surface area contributed by atoms with E-state index in [1.165, 1.54) is 11.3 Å². The number of anilines is 1. The summed E-state index contributed by atoms with van der Waals surface area (Å²) < 4.78 is 11.1. The van der Waals surface area contributed by atoms with Gasteiger partial charge in [-0.05, 0) is 55.0 Å². The molecule has 0 saturated heterocycles. The van der Waals surface area contributed by atoms with Gasteiger partial charge in [0.25, 0.3) is 0 Å². The van der Waals surface area contributed by atoms with Gasteiger partial charge in [0.05, 0.1) is 20.6 Å². The number of methoxy groups -OCH3 is 2. The monoisotopic (exact) mass is 492 g/mol. The lowest BCUT2D eigenvalue weighted by Gasteiger charge is -2.34. The van der Waals surface area contributed by atoms with E-state index in [-0.39, 0.29) is 24.3 Å². The number of para-hydroxylation sites is 1. The summed E-state index contributed by atoms with van der Waals surface area (Å²) in [5.74, 6) is 0.765. The van der Waals surface area contributed by atoms with Crippen molar-refractivity contribution in [2.75, 3.05) is 19.1 Å². The fourth-order valence-electron chi connectivity index (χ4n) is 4.69. The van der Waals surface area contributed by atoms with Crippen molar-refractivity contribution < 1.29 is 19.1 Å². The van der Waals surface area contributed by atoms with E-state index in [4.69, 9.17) is 9.47 Å². The number of nitrogens with one attached hydrogen (secondary N) is 1. The maximum absolute atomic E-state index is 14.0. The molecule has 0 bridgehead atoms. The predicted molar refractivity (Wildman–Crippen MR) is 139 cm³/mol. The van der Waals surface area contributed by atoms with Crippen molar-refractivity contribution in [2.45, 2.75) is 51.1 Å². The van der Waals surface area contributed by atoms with Crippen LogP contribution in [0.2, 0.25) is 0 Å². The Labute approximate surface area is 210 Å². The Hall–Kier alpha value is -3.32. The molecule has 1 saturated carbocycles. The molecular weight excluding hydrogens is 460 g/mol. The van der Waals surface area contributed by atoms with Gasteiger partial charge in [-0.25, -0.2) is 0 Å². The highest BCUT2D eigenvalue weighted by Crippen LogP contribution is 2.37. The Kier molecular flexibility index (Phi) is 8.08. The van der Waals surface area contributed by atoms with Crippen molar-refractivity contribution in [1.82, 2.24) is 5.32 Å². The fraction of sp³-hybridized carbons (Fsp3) is 0.357. The third-order valence-electron chi connectivity index (χ3n) is 6.49. The van der Waals surface area contributed by atoms with Crippen LogP contribution >= 0.6 is 11.3 Å². The molecular formula is C28H32N2O4S. The van der Waals surface area contributed by atoms with E-state index in [1.807, 2.05) is 54.8 Å². The standard InChI is InChI=1S/C28H32N2O4S/c1-19-9-4-7-13-24(19)30(26(31)18-22-12-8-16-35-22)27(28(32)29-20-10-5-6-11-20)23-15-14-21(33-2)17-25(23)34-3/h4,7-9,12-17,20,27H,5-6,10-11,18H2,1-3H3,(H,29,32)/t27-/m1/s1. The number of benzene rings is 2. The molecule has 4 rings (SSSR count). The number of carbonyl (C=O) groups is 2. The summed E-state index contributed by atoms with van der Waals surface area (Å²) in [7, 11) is 3.15. The van der Waals surface area contributed by atoms with Crippen LogP contribution in [0.25, 0.3) is 0 Å². The molecule has 2 aromatic carbocycles. The Morgan fingerprint density at radius 1 is 1.06 bits per heavy atom. The first kappa shape index (κ1) is 24.8. The van der Waals surface area contributed by atoms with Crippen LogP contribution in [0.15, 0.2) is 60.0 Å². The van der Waals surface area contributed by atoms with Crippen LogP contribution in [0.1, 0.15) is 47.7 Å². The number of ether oxygens (including phenoxy) is 2. The predicted octanol–water partition coefficient (Wildman–Crippen LogP) is 5.45. The minimum atomic E-state index is -0.898. The number of hydrogen-bond donors (Lipinski definition) is 1. The summed E-state index contributed by atoms with van der Waals surface area (Å²) in [6, 6.07) is 16.1. The topological polar surface area (TPSA) is 67.9 Å².